The van der Waals surface area contributed by atoms with E-state index >= 15 is 0 Å². The second-order valence-electron chi connectivity index (χ2n) is 8.99. The Morgan fingerprint density at radius 2 is 1.16 bits per heavy atom. The van der Waals surface area contributed by atoms with Gasteiger partial charge >= 0.3 is 0 Å². The van der Waals surface area contributed by atoms with Crippen LogP contribution in [0, 0.1) is 5.41 Å². The summed E-state index contributed by atoms with van der Waals surface area (Å²) in [7, 11) is 0. The Morgan fingerprint density at radius 1 is 0.750 bits per heavy atom. The van der Waals surface area contributed by atoms with Crippen LogP contribution in [0.5, 0.6) is 0 Å². The Kier molecular flexibility index (Phi) is 8.66. The number of carbonyl (C=O) groups excluding carboxylic acids is 2. The van der Waals surface area contributed by atoms with Gasteiger partial charge in [0.25, 0.3) is 5.91 Å². The molecule has 0 unspecified atom stereocenters. The number of anilines is 2. The van der Waals surface area contributed by atoms with Crippen molar-refractivity contribution in [1.82, 2.24) is 0 Å². The summed E-state index contributed by atoms with van der Waals surface area (Å²) in [6.45, 7) is 15.2. The van der Waals surface area contributed by atoms with Gasteiger partial charge in [-0.1, -0.05) is 20.8 Å². The van der Waals surface area contributed by atoms with Gasteiger partial charge in [0.05, 0.1) is 31.0 Å². The molecule has 0 aliphatic rings. The van der Waals surface area contributed by atoms with Gasteiger partial charge in [-0.25, -0.2) is 0 Å². The molecular weight excluding hydrogens is 402 g/mol. The van der Waals surface area contributed by atoms with Crippen molar-refractivity contribution >= 4 is 34.6 Å². The summed E-state index contributed by atoms with van der Waals surface area (Å²) in [5, 5.41) is 14.3. The first-order valence-corrected chi connectivity index (χ1v) is 11.2. The molecule has 2 aromatic rings. The van der Waals surface area contributed by atoms with Crippen LogP contribution >= 0.6 is 0 Å². The Labute approximate surface area is 191 Å². The van der Waals surface area contributed by atoms with Crippen LogP contribution in [0.2, 0.25) is 0 Å². The standard InChI is InChI=1S/C25H35N5O2/c1-7-30(8-2,9-3)18-23(31)26-19-10-14-21(15-11-19)28-29-22-16-12-20(13-17-22)27-24(32)25(4,5)6/h10-17H,7-9,18H2,1-6H3,(H-,26,27,28,29,31,32)/p+1. The summed E-state index contributed by atoms with van der Waals surface area (Å²) in [5.74, 6) is -0.0219. The van der Waals surface area contributed by atoms with Crippen molar-refractivity contribution in [3.8, 4) is 0 Å². The molecule has 0 heterocycles. The van der Waals surface area contributed by atoms with Crippen molar-refractivity contribution in [1.29, 1.82) is 0 Å². The van der Waals surface area contributed by atoms with Crippen LogP contribution in [0.4, 0.5) is 22.7 Å². The molecule has 2 aromatic carbocycles. The molecule has 0 aromatic heterocycles. The van der Waals surface area contributed by atoms with Crippen LogP contribution in [0.25, 0.3) is 0 Å². The van der Waals surface area contributed by atoms with Crippen LogP contribution in [0.15, 0.2) is 58.8 Å². The van der Waals surface area contributed by atoms with E-state index in [1.54, 1.807) is 24.3 Å². The highest BCUT2D eigenvalue weighted by atomic mass is 16.2. The average Bonchev–Trinajstić information content (AvgIpc) is 2.77. The molecule has 7 nitrogen and oxygen atoms in total. The van der Waals surface area contributed by atoms with Gasteiger partial charge in [-0.05, 0) is 69.3 Å². The predicted octanol–water partition coefficient (Wildman–Crippen LogP) is 5.90. The molecule has 0 aliphatic carbocycles. The monoisotopic (exact) mass is 438 g/mol. The van der Waals surface area contributed by atoms with Crippen LogP contribution in [-0.4, -0.2) is 42.5 Å². The topological polar surface area (TPSA) is 82.9 Å². The lowest BCUT2D eigenvalue weighted by Gasteiger charge is -2.34. The van der Waals surface area contributed by atoms with Crippen molar-refractivity contribution in [2.75, 3.05) is 36.8 Å². The van der Waals surface area contributed by atoms with E-state index in [-0.39, 0.29) is 11.8 Å². The Morgan fingerprint density at radius 3 is 1.53 bits per heavy atom. The third kappa shape index (κ3) is 7.27. The summed E-state index contributed by atoms with van der Waals surface area (Å²) in [4.78, 5) is 24.5. The molecule has 0 atom stereocenters. The minimum Gasteiger partial charge on any atom is -0.326 e. The first-order valence-electron chi connectivity index (χ1n) is 11.2. The maximum atomic E-state index is 12.5. The number of hydrogen-bond acceptors (Lipinski definition) is 4. The Bertz CT molecular complexity index is 916. The van der Waals surface area contributed by atoms with Gasteiger partial charge in [-0.2, -0.15) is 10.2 Å². The summed E-state index contributed by atoms with van der Waals surface area (Å²) in [5.41, 5.74) is 2.39. The number of likely N-dealkylation sites (N-methyl/N-ethyl adjacent to an activating group) is 1. The highest BCUT2D eigenvalue weighted by Gasteiger charge is 2.24. The molecule has 0 fully saturated rings. The molecule has 0 spiro atoms. The number of hydrogen-bond donors (Lipinski definition) is 2. The molecule has 0 saturated carbocycles. The molecule has 32 heavy (non-hydrogen) atoms. The molecule has 0 radical (unpaired) electrons. The summed E-state index contributed by atoms with van der Waals surface area (Å²) in [6, 6.07) is 14.5. The first kappa shape index (κ1) is 25.2. The van der Waals surface area contributed by atoms with Gasteiger partial charge < -0.3 is 15.1 Å². The van der Waals surface area contributed by atoms with E-state index in [9.17, 15) is 9.59 Å². The van der Waals surface area contributed by atoms with Gasteiger partial charge in [0, 0.05) is 16.8 Å². The van der Waals surface area contributed by atoms with Gasteiger partial charge in [0.15, 0.2) is 6.54 Å². The molecule has 2 rings (SSSR count). The van der Waals surface area contributed by atoms with Crippen molar-refractivity contribution < 1.29 is 14.1 Å². The second kappa shape index (κ2) is 11.0. The van der Waals surface area contributed by atoms with E-state index in [1.165, 1.54) is 0 Å². The third-order valence-corrected chi connectivity index (χ3v) is 5.73. The zero-order valence-electron chi connectivity index (χ0n) is 20.1. The third-order valence-electron chi connectivity index (χ3n) is 5.73. The SMILES string of the molecule is CC[N+](CC)(CC)CC(=O)Nc1ccc(/N=N/c2ccc(NC(=O)C(C)(C)C)cc2)cc1. The molecule has 0 aliphatic heterocycles. The van der Waals surface area contributed by atoms with Gasteiger partial charge in [0.1, 0.15) is 0 Å². The largest absolute Gasteiger partial charge is 0.326 e. The van der Waals surface area contributed by atoms with Crippen molar-refractivity contribution in [2.24, 2.45) is 15.6 Å². The number of carbonyl (C=O) groups is 2. The Hall–Kier alpha value is -3.06. The first-order chi connectivity index (χ1) is 15.1. The average molecular weight is 439 g/mol. The van der Waals surface area contributed by atoms with Crippen molar-refractivity contribution in [2.45, 2.75) is 41.5 Å². The predicted molar refractivity (Wildman–Crippen MR) is 131 cm³/mol. The lowest BCUT2D eigenvalue weighted by atomic mass is 9.95. The fourth-order valence-electron chi connectivity index (χ4n) is 3.17. The van der Waals surface area contributed by atoms with Crippen molar-refractivity contribution in [3.05, 3.63) is 48.5 Å². The molecule has 0 saturated heterocycles. The summed E-state index contributed by atoms with van der Waals surface area (Å²) >= 11 is 0. The summed E-state index contributed by atoms with van der Waals surface area (Å²) < 4.78 is 0.775. The van der Waals surface area contributed by atoms with E-state index in [2.05, 4.69) is 41.6 Å². The smallest absolute Gasteiger partial charge is 0.279 e. The van der Waals surface area contributed by atoms with Crippen LogP contribution in [0.3, 0.4) is 0 Å². The van der Waals surface area contributed by atoms with E-state index in [4.69, 9.17) is 0 Å². The van der Waals surface area contributed by atoms with Gasteiger partial charge in [0.2, 0.25) is 5.91 Å². The highest BCUT2D eigenvalue weighted by molar-refractivity contribution is 5.94. The molecular formula is C25H36N5O2+. The highest BCUT2D eigenvalue weighted by Crippen LogP contribution is 2.23. The number of azo groups is 1. The van der Waals surface area contributed by atoms with E-state index < -0.39 is 5.41 Å². The zero-order valence-corrected chi connectivity index (χ0v) is 20.1. The van der Waals surface area contributed by atoms with E-state index in [1.807, 2.05) is 45.0 Å². The van der Waals surface area contributed by atoms with E-state index in [0.29, 0.717) is 17.9 Å². The number of nitrogens with one attached hydrogen (secondary N) is 2. The fraction of sp³-hybridized carbons (Fsp3) is 0.440. The number of nitrogens with zero attached hydrogens (tertiary/aromatic N) is 3. The minimum atomic E-state index is -0.450. The zero-order chi connectivity index (χ0) is 23.8. The number of quaternary nitrogens is 1. The van der Waals surface area contributed by atoms with Crippen molar-refractivity contribution in [3.63, 3.8) is 0 Å². The summed E-state index contributed by atoms with van der Waals surface area (Å²) in [6.07, 6.45) is 0. The molecule has 172 valence electrons. The minimum absolute atomic E-state index is 0.0172. The van der Waals surface area contributed by atoms with Crippen LogP contribution < -0.4 is 10.6 Å². The second-order valence-corrected chi connectivity index (χ2v) is 8.99. The lowest BCUT2D eigenvalue weighted by Crippen LogP contribution is -2.51. The quantitative estimate of drug-likeness (QED) is 0.377. The molecule has 2 N–H and O–H groups in total. The maximum Gasteiger partial charge on any atom is 0.279 e. The van der Waals surface area contributed by atoms with Gasteiger partial charge in [-0.3, -0.25) is 9.59 Å². The number of rotatable bonds is 9. The van der Waals surface area contributed by atoms with Crippen LogP contribution in [0.1, 0.15) is 41.5 Å². The lowest BCUT2D eigenvalue weighted by molar-refractivity contribution is -0.915. The normalized spacial score (nSPS) is 12.1. The molecule has 0 bridgehead atoms. The maximum absolute atomic E-state index is 12.5. The molecule has 2 amide bonds. The number of benzene rings is 2. The molecule has 7 heteroatoms. The van der Waals surface area contributed by atoms with Crippen LogP contribution in [-0.2, 0) is 9.59 Å². The Balaban J connectivity index is 1.94. The number of amides is 2. The van der Waals surface area contributed by atoms with E-state index in [0.717, 1.165) is 35.5 Å². The fourth-order valence-corrected chi connectivity index (χ4v) is 3.17. The van der Waals surface area contributed by atoms with Gasteiger partial charge in [-0.15, -0.1) is 0 Å².